The largest absolute Gasteiger partial charge is 0.449 e. The van der Waals surface area contributed by atoms with Crippen LogP contribution in [0, 0.1) is 11.6 Å². The predicted molar refractivity (Wildman–Crippen MR) is 81.5 cm³/mol. The van der Waals surface area contributed by atoms with E-state index in [-0.39, 0.29) is 5.82 Å². The van der Waals surface area contributed by atoms with Crippen molar-refractivity contribution in [3.05, 3.63) is 48.1 Å². The monoisotopic (exact) mass is 347 g/mol. The fourth-order valence-electron chi connectivity index (χ4n) is 2.04. The zero-order valence-electron chi connectivity index (χ0n) is 12.8. The van der Waals surface area contributed by atoms with Crippen molar-refractivity contribution >= 4 is 28.9 Å². The van der Waals surface area contributed by atoms with Crippen molar-refractivity contribution in [2.24, 2.45) is 0 Å². The van der Waals surface area contributed by atoms with Crippen LogP contribution in [0.5, 0.6) is 0 Å². The van der Waals surface area contributed by atoms with E-state index in [2.05, 4.69) is 25.3 Å². The van der Waals surface area contributed by atoms with Crippen molar-refractivity contribution < 1.29 is 23.1 Å². The summed E-state index contributed by atoms with van der Waals surface area (Å²) in [5.41, 5.74) is -0.141. The van der Waals surface area contributed by atoms with E-state index in [1.54, 1.807) is 0 Å². The Bertz CT molecular complexity index is 939. The Morgan fingerprint density at radius 3 is 2.64 bits per heavy atom. The molecule has 10 heteroatoms. The van der Waals surface area contributed by atoms with Gasteiger partial charge in [0.1, 0.15) is 29.0 Å². The fourth-order valence-corrected chi connectivity index (χ4v) is 2.04. The molecule has 25 heavy (non-hydrogen) atoms. The third kappa shape index (κ3) is 3.27. The third-order valence-corrected chi connectivity index (χ3v) is 3.28. The van der Waals surface area contributed by atoms with E-state index in [0.717, 1.165) is 18.2 Å². The van der Waals surface area contributed by atoms with Gasteiger partial charge in [-0.3, -0.25) is 4.79 Å². The van der Waals surface area contributed by atoms with Gasteiger partial charge in [-0.25, -0.2) is 28.5 Å². The first-order valence-electron chi connectivity index (χ1n) is 7.07. The number of fused-ring (bicyclic) bond motifs is 1. The second-order valence-corrected chi connectivity index (χ2v) is 4.96. The summed E-state index contributed by atoms with van der Waals surface area (Å²) in [6.07, 6.45) is 1.25. The number of H-pyrrole nitrogens is 1. The second kappa shape index (κ2) is 6.59. The van der Waals surface area contributed by atoms with Crippen LogP contribution in [0.2, 0.25) is 0 Å². The minimum Gasteiger partial charge on any atom is -0.449 e. The topological polar surface area (TPSA) is 110 Å². The number of benzene rings is 1. The summed E-state index contributed by atoms with van der Waals surface area (Å²) in [4.78, 5) is 38.5. The van der Waals surface area contributed by atoms with Crippen molar-refractivity contribution in [3.63, 3.8) is 0 Å². The average Bonchev–Trinajstić information content (AvgIpc) is 3.04. The van der Waals surface area contributed by atoms with Crippen molar-refractivity contribution in [1.29, 1.82) is 0 Å². The zero-order valence-corrected chi connectivity index (χ0v) is 12.8. The smallest absolute Gasteiger partial charge is 0.344 e. The Morgan fingerprint density at radius 1 is 1.20 bits per heavy atom. The molecule has 0 aliphatic rings. The molecule has 1 amide bonds. The van der Waals surface area contributed by atoms with Crippen molar-refractivity contribution in [2.45, 2.75) is 13.0 Å². The van der Waals surface area contributed by atoms with Crippen LogP contribution >= 0.6 is 0 Å². The number of aromatic amines is 1. The Morgan fingerprint density at radius 2 is 1.92 bits per heavy atom. The van der Waals surface area contributed by atoms with Gasteiger partial charge < -0.3 is 15.0 Å². The maximum Gasteiger partial charge on any atom is 0.344 e. The number of nitrogens with zero attached hydrogens (tertiary/aromatic N) is 3. The van der Waals surface area contributed by atoms with Gasteiger partial charge in [0.05, 0.1) is 6.33 Å². The number of halogens is 2. The average molecular weight is 347 g/mol. The molecule has 1 atom stereocenters. The summed E-state index contributed by atoms with van der Waals surface area (Å²) in [5, 5.41) is 2.43. The number of carbonyl (C=O) groups excluding carboxylic acids is 2. The van der Waals surface area contributed by atoms with E-state index in [9.17, 15) is 18.4 Å². The Kier molecular flexibility index (Phi) is 4.33. The highest BCUT2D eigenvalue weighted by atomic mass is 19.1. The Labute approximate surface area is 139 Å². The van der Waals surface area contributed by atoms with E-state index in [0.29, 0.717) is 11.2 Å². The molecule has 3 aromatic rings. The molecular formula is C15H11F2N5O3. The highest BCUT2D eigenvalue weighted by molar-refractivity contribution is 6.00. The normalized spacial score (nSPS) is 12.0. The first-order valence-corrected chi connectivity index (χ1v) is 7.07. The van der Waals surface area contributed by atoms with E-state index in [1.165, 1.54) is 19.6 Å². The van der Waals surface area contributed by atoms with Crippen LogP contribution in [0.4, 0.5) is 14.6 Å². The number of ether oxygens (including phenoxy) is 1. The lowest BCUT2D eigenvalue weighted by molar-refractivity contribution is -0.123. The minimum atomic E-state index is -1.32. The van der Waals surface area contributed by atoms with Crippen molar-refractivity contribution in [3.8, 4) is 0 Å². The highest BCUT2D eigenvalue weighted by Crippen LogP contribution is 2.17. The number of nitrogens with one attached hydrogen (secondary N) is 2. The first kappa shape index (κ1) is 16.4. The molecule has 0 saturated carbocycles. The summed E-state index contributed by atoms with van der Waals surface area (Å²) in [7, 11) is 0. The molecule has 2 heterocycles. The summed E-state index contributed by atoms with van der Waals surface area (Å²) >= 11 is 0. The Balaban J connectivity index is 1.73. The fraction of sp³-hybridized carbons (Fsp3) is 0.133. The summed E-state index contributed by atoms with van der Waals surface area (Å²) in [6.45, 7) is 1.26. The van der Waals surface area contributed by atoms with Gasteiger partial charge in [0.25, 0.3) is 5.91 Å². The lowest BCUT2D eigenvalue weighted by Crippen LogP contribution is -2.31. The van der Waals surface area contributed by atoms with Gasteiger partial charge in [-0.2, -0.15) is 0 Å². The molecule has 0 saturated heterocycles. The van der Waals surface area contributed by atoms with Gasteiger partial charge in [0, 0.05) is 0 Å². The van der Waals surface area contributed by atoms with Gasteiger partial charge in [-0.15, -0.1) is 0 Å². The molecule has 3 rings (SSSR count). The Hall–Kier alpha value is -3.43. The van der Waals surface area contributed by atoms with Crippen molar-refractivity contribution in [1.82, 2.24) is 19.9 Å². The molecule has 0 fully saturated rings. The molecule has 0 radical (unpaired) electrons. The summed E-state index contributed by atoms with van der Waals surface area (Å²) in [6, 6.07) is 2.95. The number of amides is 1. The first-order chi connectivity index (χ1) is 12.0. The van der Waals surface area contributed by atoms with Crippen LogP contribution in [-0.4, -0.2) is 37.9 Å². The molecular weight excluding hydrogens is 336 g/mol. The van der Waals surface area contributed by atoms with E-state index in [1.807, 2.05) is 0 Å². The van der Waals surface area contributed by atoms with Crippen LogP contribution < -0.4 is 5.32 Å². The molecule has 2 aromatic heterocycles. The number of aromatic nitrogens is 4. The molecule has 0 aliphatic heterocycles. The lowest BCUT2D eigenvalue weighted by Gasteiger charge is -2.13. The maximum atomic E-state index is 13.6. The van der Waals surface area contributed by atoms with Gasteiger partial charge in [0.15, 0.2) is 17.6 Å². The number of hydrogen-bond donors (Lipinski definition) is 2. The van der Waals surface area contributed by atoms with Gasteiger partial charge in [-0.05, 0) is 19.1 Å². The molecule has 0 aliphatic carbocycles. The molecule has 8 nitrogen and oxygen atoms in total. The van der Waals surface area contributed by atoms with Gasteiger partial charge in [0.2, 0.25) is 0 Å². The molecule has 0 bridgehead atoms. The van der Waals surface area contributed by atoms with Crippen LogP contribution in [0.15, 0.2) is 30.9 Å². The summed E-state index contributed by atoms with van der Waals surface area (Å²) in [5.74, 6) is -4.04. The predicted octanol–water partition coefficient (Wildman–Crippen LogP) is 1.82. The van der Waals surface area contributed by atoms with E-state index < -0.39 is 35.2 Å². The maximum absolute atomic E-state index is 13.6. The van der Waals surface area contributed by atoms with E-state index >= 15 is 0 Å². The number of carbonyl (C=O) groups is 2. The van der Waals surface area contributed by atoms with Crippen LogP contribution in [0.1, 0.15) is 17.3 Å². The van der Waals surface area contributed by atoms with Gasteiger partial charge in [-0.1, -0.05) is 6.07 Å². The number of imidazole rings is 1. The van der Waals surface area contributed by atoms with Crippen LogP contribution in [-0.2, 0) is 9.53 Å². The minimum absolute atomic E-state index is 0.132. The number of rotatable bonds is 4. The number of hydrogen-bond acceptors (Lipinski definition) is 6. The molecule has 1 aromatic carbocycles. The lowest BCUT2D eigenvalue weighted by atomic mass is 10.2. The zero-order chi connectivity index (χ0) is 18.0. The quantitative estimate of drug-likeness (QED) is 0.697. The van der Waals surface area contributed by atoms with Gasteiger partial charge >= 0.3 is 5.97 Å². The molecule has 0 spiro atoms. The SMILES string of the molecule is CC(OC(=O)c1c(F)cccc1F)C(=O)Nc1ncnc2nc[nH]c12. The summed E-state index contributed by atoms with van der Waals surface area (Å²) < 4.78 is 32.0. The second-order valence-electron chi connectivity index (χ2n) is 4.96. The molecule has 128 valence electrons. The van der Waals surface area contributed by atoms with Crippen LogP contribution in [0.25, 0.3) is 11.2 Å². The highest BCUT2D eigenvalue weighted by Gasteiger charge is 2.24. The number of esters is 1. The van der Waals surface area contributed by atoms with Crippen LogP contribution in [0.3, 0.4) is 0 Å². The van der Waals surface area contributed by atoms with Crippen molar-refractivity contribution in [2.75, 3.05) is 5.32 Å². The third-order valence-electron chi connectivity index (χ3n) is 3.28. The molecule has 2 N–H and O–H groups in total. The standard InChI is InChI=1S/C15H11F2N5O3/c1-7(25-15(24)10-8(16)3-2-4-9(10)17)14(23)22-13-11-12(19-5-18-11)20-6-21-13/h2-7H,1H3,(H2,18,19,20,21,22,23). The number of anilines is 1. The molecule has 1 unspecified atom stereocenters. The van der Waals surface area contributed by atoms with E-state index in [4.69, 9.17) is 4.74 Å².